The molecule has 2 aromatic carbocycles. The predicted octanol–water partition coefficient (Wildman–Crippen LogP) is 3.93. The van der Waals surface area contributed by atoms with Gasteiger partial charge in [0.05, 0.1) is 5.56 Å². The summed E-state index contributed by atoms with van der Waals surface area (Å²) in [7, 11) is 0. The van der Waals surface area contributed by atoms with E-state index >= 15 is 0 Å². The number of urea groups is 1. The Bertz CT molecular complexity index is 974. The largest absolute Gasteiger partial charge is 0.323 e. The maximum Gasteiger partial charge on any atom is 0.323 e. The zero-order chi connectivity index (χ0) is 18.6. The number of amides is 3. The number of hydrogen-bond donors (Lipinski definition) is 2. The molecule has 0 radical (unpaired) electrons. The van der Waals surface area contributed by atoms with E-state index in [2.05, 4.69) is 15.6 Å². The predicted molar refractivity (Wildman–Crippen MR) is 105 cm³/mol. The maximum atomic E-state index is 12.7. The first kappa shape index (κ1) is 16.8. The number of anilines is 3. The molecule has 0 bridgehead atoms. The molecule has 1 aliphatic heterocycles. The summed E-state index contributed by atoms with van der Waals surface area (Å²) in [5.41, 5.74) is 3.89. The number of carbonyl (C=O) groups excluding carboxylic acids is 2. The molecule has 1 aromatic heterocycles. The molecule has 0 saturated carbocycles. The van der Waals surface area contributed by atoms with E-state index < -0.39 is 0 Å². The van der Waals surface area contributed by atoms with Gasteiger partial charge in [-0.25, -0.2) is 4.79 Å². The number of nitrogens with zero attached hydrogens (tertiary/aromatic N) is 2. The minimum atomic E-state index is -0.303. The van der Waals surface area contributed by atoms with Crippen molar-refractivity contribution in [3.8, 4) is 0 Å². The van der Waals surface area contributed by atoms with Gasteiger partial charge in [0.1, 0.15) is 0 Å². The van der Waals surface area contributed by atoms with Crippen LogP contribution in [0, 0.1) is 0 Å². The maximum absolute atomic E-state index is 12.7. The lowest BCUT2D eigenvalue weighted by molar-refractivity contribution is 0.0989. The fraction of sp³-hybridized carbons (Fsp3) is 0.0952. The van der Waals surface area contributed by atoms with Gasteiger partial charge in [-0.3, -0.25) is 9.78 Å². The van der Waals surface area contributed by atoms with E-state index in [1.54, 1.807) is 35.5 Å². The third kappa shape index (κ3) is 3.64. The van der Waals surface area contributed by atoms with Crippen molar-refractivity contribution in [1.29, 1.82) is 0 Å². The fourth-order valence-electron chi connectivity index (χ4n) is 3.15. The summed E-state index contributed by atoms with van der Waals surface area (Å²) in [6.07, 6.45) is 3.97. The van der Waals surface area contributed by atoms with Crippen LogP contribution in [0.5, 0.6) is 0 Å². The number of benzene rings is 2. The quantitative estimate of drug-likeness (QED) is 0.745. The topological polar surface area (TPSA) is 74.3 Å². The Labute approximate surface area is 156 Å². The van der Waals surface area contributed by atoms with Crippen LogP contribution in [0.2, 0.25) is 0 Å². The molecule has 3 amide bonds. The van der Waals surface area contributed by atoms with Crippen molar-refractivity contribution in [1.82, 2.24) is 4.98 Å². The Hall–Kier alpha value is -3.67. The number of rotatable bonds is 3. The Kier molecular flexibility index (Phi) is 4.53. The van der Waals surface area contributed by atoms with Crippen LogP contribution in [-0.4, -0.2) is 23.5 Å². The number of para-hydroxylation sites is 1. The Morgan fingerprint density at radius 2 is 1.74 bits per heavy atom. The monoisotopic (exact) mass is 358 g/mol. The average molecular weight is 358 g/mol. The fourth-order valence-corrected chi connectivity index (χ4v) is 3.15. The van der Waals surface area contributed by atoms with Crippen LogP contribution in [-0.2, 0) is 6.42 Å². The summed E-state index contributed by atoms with van der Waals surface area (Å²) in [6.45, 7) is 0.614. The summed E-state index contributed by atoms with van der Waals surface area (Å²) in [5.74, 6) is -0.0654. The van der Waals surface area contributed by atoms with Gasteiger partial charge in [-0.15, -0.1) is 0 Å². The number of fused-ring (bicyclic) bond motifs is 1. The zero-order valence-corrected chi connectivity index (χ0v) is 14.6. The van der Waals surface area contributed by atoms with Crippen LogP contribution >= 0.6 is 0 Å². The van der Waals surface area contributed by atoms with Gasteiger partial charge >= 0.3 is 6.03 Å². The summed E-state index contributed by atoms with van der Waals surface area (Å²) >= 11 is 0. The van der Waals surface area contributed by atoms with E-state index in [-0.39, 0.29) is 11.9 Å². The lowest BCUT2D eigenvalue weighted by Crippen LogP contribution is -2.28. The normalized spacial score (nSPS) is 12.4. The lowest BCUT2D eigenvalue weighted by Gasteiger charge is -2.17. The molecule has 6 heteroatoms. The van der Waals surface area contributed by atoms with Gasteiger partial charge in [0.15, 0.2) is 0 Å². The minimum Gasteiger partial charge on any atom is -0.308 e. The third-order valence-corrected chi connectivity index (χ3v) is 4.42. The van der Waals surface area contributed by atoms with Crippen molar-refractivity contribution in [2.24, 2.45) is 0 Å². The molecule has 2 N–H and O–H groups in total. The molecule has 0 saturated heterocycles. The third-order valence-electron chi connectivity index (χ3n) is 4.42. The highest BCUT2D eigenvalue weighted by molar-refractivity contribution is 6.07. The lowest BCUT2D eigenvalue weighted by atomic mass is 10.1. The molecule has 6 nitrogen and oxygen atoms in total. The summed E-state index contributed by atoms with van der Waals surface area (Å²) < 4.78 is 0. The summed E-state index contributed by atoms with van der Waals surface area (Å²) in [5, 5.41) is 5.62. The summed E-state index contributed by atoms with van der Waals surface area (Å²) in [6, 6.07) is 18.1. The molecule has 0 spiro atoms. The van der Waals surface area contributed by atoms with E-state index in [1.165, 1.54) is 0 Å². The molecule has 1 aliphatic rings. The zero-order valence-electron chi connectivity index (χ0n) is 14.6. The van der Waals surface area contributed by atoms with Crippen molar-refractivity contribution in [2.45, 2.75) is 6.42 Å². The van der Waals surface area contributed by atoms with Crippen molar-refractivity contribution >= 4 is 29.0 Å². The van der Waals surface area contributed by atoms with Crippen LogP contribution in [0.4, 0.5) is 21.9 Å². The molecular weight excluding hydrogens is 340 g/mol. The first-order chi connectivity index (χ1) is 13.2. The molecule has 2 heterocycles. The summed E-state index contributed by atoms with van der Waals surface area (Å²) in [4.78, 5) is 30.6. The van der Waals surface area contributed by atoms with Crippen molar-refractivity contribution < 1.29 is 9.59 Å². The van der Waals surface area contributed by atoms with Crippen molar-refractivity contribution in [2.75, 3.05) is 22.1 Å². The van der Waals surface area contributed by atoms with Gasteiger partial charge in [0.2, 0.25) is 0 Å². The van der Waals surface area contributed by atoms with E-state index in [0.29, 0.717) is 17.8 Å². The number of nitrogens with one attached hydrogen (secondary N) is 2. The van der Waals surface area contributed by atoms with Crippen LogP contribution in [0.1, 0.15) is 15.9 Å². The smallest absolute Gasteiger partial charge is 0.308 e. The van der Waals surface area contributed by atoms with Gasteiger partial charge in [0.25, 0.3) is 5.91 Å². The second-order valence-corrected chi connectivity index (χ2v) is 6.24. The van der Waals surface area contributed by atoms with Gasteiger partial charge in [-0.05, 0) is 54.4 Å². The Balaban J connectivity index is 1.47. The van der Waals surface area contributed by atoms with Crippen LogP contribution in [0.15, 0.2) is 73.1 Å². The molecule has 0 unspecified atom stereocenters. The molecule has 0 atom stereocenters. The first-order valence-corrected chi connectivity index (χ1v) is 8.68. The van der Waals surface area contributed by atoms with E-state index in [0.717, 1.165) is 23.4 Å². The highest BCUT2D eigenvalue weighted by Crippen LogP contribution is 2.31. The van der Waals surface area contributed by atoms with Gasteiger partial charge in [-0.1, -0.05) is 18.2 Å². The molecule has 3 aromatic rings. The molecule has 27 heavy (non-hydrogen) atoms. The van der Waals surface area contributed by atoms with Crippen LogP contribution < -0.4 is 15.5 Å². The molecular formula is C21H18N4O2. The second-order valence-electron chi connectivity index (χ2n) is 6.24. The van der Waals surface area contributed by atoms with Crippen LogP contribution in [0.3, 0.4) is 0 Å². The van der Waals surface area contributed by atoms with Gasteiger partial charge < -0.3 is 15.5 Å². The van der Waals surface area contributed by atoms with E-state index in [1.807, 2.05) is 42.5 Å². The molecule has 0 aliphatic carbocycles. The average Bonchev–Trinajstić information content (AvgIpc) is 3.12. The number of hydrogen-bond acceptors (Lipinski definition) is 3. The van der Waals surface area contributed by atoms with Gasteiger partial charge in [-0.2, -0.15) is 0 Å². The molecule has 4 rings (SSSR count). The number of pyridine rings is 1. The Morgan fingerprint density at radius 1 is 0.926 bits per heavy atom. The minimum absolute atomic E-state index is 0.0654. The highest BCUT2D eigenvalue weighted by Gasteiger charge is 2.26. The van der Waals surface area contributed by atoms with Crippen LogP contribution in [0.25, 0.3) is 0 Å². The van der Waals surface area contributed by atoms with E-state index in [4.69, 9.17) is 0 Å². The van der Waals surface area contributed by atoms with Crippen molar-refractivity contribution in [3.63, 3.8) is 0 Å². The number of carbonyl (C=O) groups is 2. The van der Waals surface area contributed by atoms with Gasteiger partial charge in [0, 0.05) is 36.0 Å². The standard InChI is InChI=1S/C21H18N4O2/c26-20(16-5-4-11-22-14-16)25-12-10-15-13-18(8-9-19(15)25)24-21(27)23-17-6-2-1-3-7-17/h1-9,11,13-14H,10,12H2,(H2,23,24,27). The Morgan fingerprint density at radius 3 is 2.52 bits per heavy atom. The highest BCUT2D eigenvalue weighted by atomic mass is 16.2. The molecule has 0 fully saturated rings. The molecule has 134 valence electrons. The SMILES string of the molecule is O=C(Nc1ccccc1)Nc1ccc2c(c1)CCN2C(=O)c1cccnc1. The number of aromatic nitrogens is 1. The second kappa shape index (κ2) is 7.29. The van der Waals surface area contributed by atoms with E-state index in [9.17, 15) is 9.59 Å². The first-order valence-electron chi connectivity index (χ1n) is 8.68. The van der Waals surface area contributed by atoms with Crippen molar-refractivity contribution in [3.05, 3.63) is 84.2 Å².